The molecule has 0 heterocycles. The molecule has 90 valence electrons. The molecule has 0 bridgehead atoms. The third-order valence-electron chi connectivity index (χ3n) is 2.27. The molecule has 0 atom stereocenters. The lowest BCUT2D eigenvalue weighted by Crippen LogP contribution is -2.09. The lowest BCUT2D eigenvalue weighted by atomic mass is 10.1. The summed E-state index contributed by atoms with van der Waals surface area (Å²) in [5.74, 6) is 0. The average molecular weight is 291 g/mol. The first-order valence-electron chi connectivity index (χ1n) is 4.51. The molecule has 0 aliphatic heterocycles. The number of hydrogen-bond donors (Lipinski definition) is 0. The van der Waals surface area contributed by atoms with Crippen LogP contribution in [-0.4, -0.2) is 16.8 Å². The molecule has 0 saturated heterocycles. The summed E-state index contributed by atoms with van der Waals surface area (Å²) in [7, 11) is -4.32. The van der Waals surface area contributed by atoms with E-state index >= 15 is 0 Å². The van der Waals surface area contributed by atoms with Crippen LogP contribution in [0.15, 0.2) is 47.4 Å². The van der Waals surface area contributed by atoms with Crippen LogP contribution >= 0.6 is 10.7 Å². The van der Waals surface area contributed by atoms with E-state index in [1.807, 2.05) is 0 Å². The van der Waals surface area contributed by atoms with Crippen molar-refractivity contribution in [2.24, 2.45) is 0 Å². The maximum Gasteiger partial charge on any atom is 0.342 e. The molecule has 0 unspecified atom stereocenters. The predicted molar refractivity (Wildman–Crippen MR) is 65.9 cm³/mol. The van der Waals surface area contributed by atoms with Crippen molar-refractivity contribution in [3.63, 3.8) is 0 Å². The Labute approximate surface area is 103 Å². The Bertz CT molecular complexity index is 779. The van der Waals surface area contributed by atoms with Gasteiger partial charge in [-0.1, -0.05) is 30.3 Å². The van der Waals surface area contributed by atoms with Crippen molar-refractivity contribution < 1.29 is 16.8 Å². The fourth-order valence-corrected chi connectivity index (χ4v) is 3.83. The number of rotatable bonds is 2. The minimum Gasteiger partial charge on any atom is -0.206 e. The van der Waals surface area contributed by atoms with E-state index in [0.29, 0.717) is 5.39 Å². The summed E-state index contributed by atoms with van der Waals surface area (Å²) in [6, 6.07) is 11.0. The topological polar surface area (TPSA) is 68.3 Å². The molecule has 0 radical (unpaired) electrons. The third-order valence-corrected chi connectivity index (χ3v) is 7.27. The predicted octanol–water partition coefficient (Wildman–Crippen LogP) is 2.10. The van der Waals surface area contributed by atoms with Gasteiger partial charge in [-0.15, -0.1) is 0 Å². The molecular formula is C10H7ClO4S2. The zero-order valence-corrected chi connectivity index (χ0v) is 10.8. The fraction of sp³-hybridized carbons (Fsp3) is 0. The van der Waals surface area contributed by atoms with Gasteiger partial charge in [0.15, 0.2) is 0 Å². The van der Waals surface area contributed by atoms with Gasteiger partial charge in [0.1, 0.15) is 0 Å². The largest absolute Gasteiger partial charge is 0.342 e. The number of fused-ring (bicyclic) bond motifs is 1. The second kappa shape index (κ2) is 3.97. The van der Waals surface area contributed by atoms with Gasteiger partial charge in [0.25, 0.3) is 8.87 Å². The first-order valence-corrected chi connectivity index (χ1v) is 8.82. The van der Waals surface area contributed by atoms with Crippen molar-refractivity contribution in [2.45, 2.75) is 4.90 Å². The average Bonchev–Trinajstić information content (AvgIpc) is 2.27. The van der Waals surface area contributed by atoms with E-state index in [1.165, 1.54) is 18.2 Å². The van der Waals surface area contributed by atoms with E-state index in [1.54, 1.807) is 24.3 Å². The molecule has 2 rings (SSSR count). The van der Waals surface area contributed by atoms with Crippen LogP contribution < -0.4 is 0 Å². The van der Waals surface area contributed by atoms with Crippen molar-refractivity contribution in [3.8, 4) is 0 Å². The molecule has 17 heavy (non-hydrogen) atoms. The van der Waals surface area contributed by atoms with Crippen LogP contribution in [0.4, 0.5) is 0 Å². The van der Waals surface area contributed by atoms with Gasteiger partial charge in [-0.3, -0.25) is 0 Å². The Hall–Kier alpha value is -1.11. The van der Waals surface area contributed by atoms with E-state index in [4.69, 9.17) is 10.7 Å². The Balaban J connectivity index is 2.75. The molecule has 0 aliphatic carbocycles. The zero-order chi connectivity index (χ0) is 12.7. The first kappa shape index (κ1) is 12.3. The number of hydrogen-bond acceptors (Lipinski definition) is 4. The van der Waals surface area contributed by atoms with Gasteiger partial charge in [-0.05, 0) is 22.9 Å². The molecule has 0 amide bonds. The van der Waals surface area contributed by atoms with E-state index in [0.717, 1.165) is 5.39 Å². The summed E-state index contributed by atoms with van der Waals surface area (Å²) >= 11 is 0. The molecular weight excluding hydrogens is 284 g/mol. The quantitative estimate of drug-likeness (QED) is 0.627. The SMILES string of the molecule is O=S(=O)(Cl)S(=O)(=O)c1ccc2ccccc2c1. The molecule has 0 saturated carbocycles. The van der Waals surface area contributed by atoms with Crippen molar-refractivity contribution in [2.75, 3.05) is 0 Å². The second-order valence-electron chi connectivity index (χ2n) is 3.36. The van der Waals surface area contributed by atoms with Gasteiger partial charge in [0.2, 0.25) is 0 Å². The lowest BCUT2D eigenvalue weighted by Gasteiger charge is -2.02. The minimum atomic E-state index is -4.68. The first-order chi connectivity index (χ1) is 7.82. The smallest absolute Gasteiger partial charge is 0.206 e. The fourth-order valence-electron chi connectivity index (χ4n) is 1.44. The molecule has 2 aromatic rings. The highest BCUT2D eigenvalue weighted by Gasteiger charge is 2.29. The molecule has 2 aromatic carbocycles. The standard InChI is InChI=1S/C10H7ClO4S2/c11-17(14,15)16(12,13)10-6-5-8-3-1-2-4-9(8)7-10/h1-7H. The van der Waals surface area contributed by atoms with Crippen molar-refractivity contribution >= 4 is 38.4 Å². The van der Waals surface area contributed by atoms with Crippen LogP contribution in [0.3, 0.4) is 0 Å². The molecule has 4 nitrogen and oxygen atoms in total. The normalized spacial score (nSPS) is 12.8. The van der Waals surface area contributed by atoms with Gasteiger partial charge in [-0.25, -0.2) is 8.42 Å². The van der Waals surface area contributed by atoms with E-state index in [-0.39, 0.29) is 4.90 Å². The van der Waals surface area contributed by atoms with Crippen LogP contribution in [-0.2, 0) is 17.0 Å². The highest BCUT2D eigenvalue weighted by atomic mass is 35.8. The van der Waals surface area contributed by atoms with Gasteiger partial charge >= 0.3 is 8.08 Å². The third kappa shape index (κ3) is 2.15. The molecule has 0 aromatic heterocycles. The van der Waals surface area contributed by atoms with Gasteiger partial charge in [0, 0.05) is 10.7 Å². The van der Waals surface area contributed by atoms with Gasteiger partial charge < -0.3 is 0 Å². The molecule has 0 N–H and O–H groups in total. The van der Waals surface area contributed by atoms with Crippen LogP contribution in [0.2, 0.25) is 0 Å². The Morgan fingerprint density at radius 1 is 0.824 bits per heavy atom. The summed E-state index contributed by atoms with van der Waals surface area (Å²) in [4.78, 5) is -0.328. The minimum absolute atomic E-state index is 0.328. The highest BCUT2D eigenvalue weighted by Crippen LogP contribution is 2.24. The van der Waals surface area contributed by atoms with E-state index in [2.05, 4.69) is 0 Å². The van der Waals surface area contributed by atoms with Crippen LogP contribution in [0.5, 0.6) is 0 Å². The lowest BCUT2D eigenvalue weighted by molar-refractivity contribution is 0.589. The molecule has 0 fully saturated rings. The number of benzene rings is 2. The zero-order valence-electron chi connectivity index (χ0n) is 8.37. The Morgan fingerprint density at radius 2 is 1.41 bits per heavy atom. The van der Waals surface area contributed by atoms with Crippen LogP contribution in [0.25, 0.3) is 10.8 Å². The summed E-state index contributed by atoms with van der Waals surface area (Å²) in [5, 5.41) is 1.45. The molecule has 0 aliphatic rings. The highest BCUT2D eigenvalue weighted by molar-refractivity contribution is 8.75. The van der Waals surface area contributed by atoms with Gasteiger partial charge in [0.05, 0.1) is 4.90 Å². The summed E-state index contributed by atoms with van der Waals surface area (Å²) in [6.07, 6.45) is 0. The van der Waals surface area contributed by atoms with Crippen molar-refractivity contribution in [1.29, 1.82) is 0 Å². The van der Waals surface area contributed by atoms with E-state index < -0.39 is 17.0 Å². The summed E-state index contributed by atoms with van der Waals surface area (Å²) in [6.45, 7) is 0. The summed E-state index contributed by atoms with van der Waals surface area (Å²) in [5.41, 5.74) is 0. The molecule has 0 spiro atoms. The van der Waals surface area contributed by atoms with Crippen LogP contribution in [0, 0.1) is 0 Å². The molecule has 7 heteroatoms. The Kier molecular flexibility index (Phi) is 2.89. The Morgan fingerprint density at radius 3 is 2.00 bits per heavy atom. The number of halogens is 1. The van der Waals surface area contributed by atoms with Gasteiger partial charge in [-0.2, -0.15) is 8.42 Å². The maximum absolute atomic E-state index is 11.6. The summed E-state index contributed by atoms with van der Waals surface area (Å²) < 4.78 is 45.1. The van der Waals surface area contributed by atoms with E-state index in [9.17, 15) is 16.8 Å². The monoisotopic (exact) mass is 290 g/mol. The van der Waals surface area contributed by atoms with Crippen molar-refractivity contribution in [3.05, 3.63) is 42.5 Å². The maximum atomic E-state index is 11.6. The van der Waals surface area contributed by atoms with Crippen LogP contribution in [0.1, 0.15) is 0 Å². The second-order valence-corrected chi connectivity index (χ2v) is 9.92. The van der Waals surface area contributed by atoms with Crippen molar-refractivity contribution in [1.82, 2.24) is 0 Å².